The van der Waals surface area contributed by atoms with Gasteiger partial charge in [0, 0.05) is 18.0 Å². The molecule has 3 rings (SSSR count). The van der Waals surface area contributed by atoms with Crippen LogP contribution in [0.25, 0.3) is 0 Å². The molecule has 2 fully saturated rings. The van der Waals surface area contributed by atoms with E-state index >= 15 is 0 Å². The number of nitrogens with one attached hydrogen (secondary N) is 2. The Hall–Kier alpha value is -1.55. The molecule has 1 saturated heterocycles. The molecule has 1 spiro atoms. The normalized spacial score (nSPS) is 22.2. The molecular weight excluding hydrogens is 288 g/mol. The fraction of sp³-hybridized carbons (Fsp3) is 0.632. The highest BCUT2D eigenvalue weighted by Gasteiger charge is 2.57. The van der Waals surface area contributed by atoms with E-state index in [2.05, 4.69) is 29.7 Å². The van der Waals surface area contributed by atoms with Gasteiger partial charge in [0.1, 0.15) is 5.75 Å². The van der Waals surface area contributed by atoms with Gasteiger partial charge in [0.25, 0.3) is 0 Å². The third kappa shape index (κ3) is 3.69. The minimum absolute atomic E-state index is 0.132. The molecule has 126 valence electrons. The standard InChI is InChI=1S/C19H28N2O2/c1-13(2)23-17-10-14(3)4-5-15(17)12-21-18(22)16-11-19(16)6-8-20-9-7-19/h4-5,10,13,16,20H,6-9,11-12H2,1-3H3,(H,21,22). The lowest BCUT2D eigenvalue weighted by atomic mass is 9.92. The molecule has 4 nitrogen and oxygen atoms in total. The maximum absolute atomic E-state index is 12.5. The Morgan fingerprint density at radius 3 is 2.83 bits per heavy atom. The first-order valence-electron chi connectivity index (χ1n) is 8.75. The molecular formula is C19H28N2O2. The smallest absolute Gasteiger partial charge is 0.223 e. The van der Waals surface area contributed by atoms with Gasteiger partial charge in [0.2, 0.25) is 5.91 Å². The minimum atomic E-state index is 0.132. The average molecular weight is 316 g/mol. The maximum atomic E-state index is 12.5. The third-order valence-corrected chi connectivity index (χ3v) is 5.14. The minimum Gasteiger partial charge on any atom is -0.491 e. The molecule has 1 atom stereocenters. The second kappa shape index (κ2) is 6.52. The lowest BCUT2D eigenvalue weighted by Crippen LogP contribution is -2.33. The summed E-state index contributed by atoms with van der Waals surface area (Å²) in [4.78, 5) is 12.5. The zero-order valence-electron chi connectivity index (χ0n) is 14.4. The van der Waals surface area contributed by atoms with E-state index in [1.807, 2.05) is 19.9 Å². The fourth-order valence-corrected chi connectivity index (χ4v) is 3.67. The Kier molecular flexibility index (Phi) is 4.62. The van der Waals surface area contributed by atoms with Crippen molar-refractivity contribution in [1.82, 2.24) is 10.6 Å². The molecule has 1 aromatic rings. The molecule has 1 heterocycles. The van der Waals surface area contributed by atoms with Crippen LogP contribution in [0.4, 0.5) is 0 Å². The van der Waals surface area contributed by atoms with Gasteiger partial charge in [0.05, 0.1) is 6.10 Å². The topological polar surface area (TPSA) is 50.4 Å². The van der Waals surface area contributed by atoms with Crippen LogP contribution in [0.5, 0.6) is 5.75 Å². The molecule has 0 aromatic heterocycles. The number of hydrogen-bond acceptors (Lipinski definition) is 3. The first-order chi connectivity index (χ1) is 11.0. The summed E-state index contributed by atoms with van der Waals surface area (Å²) in [7, 11) is 0. The number of carbonyl (C=O) groups is 1. The van der Waals surface area contributed by atoms with Crippen LogP contribution in [0, 0.1) is 18.3 Å². The third-order valence-electron chi connectivity index (χ3n) is 5.14. The van der Waals surface area contributed by atoms with Crippen LogP contribution in [0.3, 0.4) is 0 Å². The molecule has 1 aromatic carbocycles. The molecule has 1 aliphatic carbocycles. The zero-order chi connectivity index (χ0) is 16.4. The van der Waals surface area contributed by atoms with E-state index in [9.17, 15) is 4.79 Å². The molecule has 0 bridgehead atoms. The van der Waals surface area contributed by atoms with Gasteiger partial charge in [-0.2, -0.15) is 0 Å². The van der Waals surface area contributed by atoms with Gasteiger partial charge < -0.3 is 15.4 Å². The number of amides is 1. The highest BCUT2D eigenvalue weighted by molar-refractivity contribution is 5.82. The molecule has 23 heavy (non-hydrogen) atoms. The largest absolute Gasteiger partial charge is 0.491 e. The number of benzene rings is 1. The molecule has 1 aliphatic heterocycles. The number of ether oxygens (including phenoxy) is 1. The van der Waals surface area contributed by atoms with Gasteiger partial charge in [-0.25, -0.2) is 0 Å². The summed E-state index contributed by atoms with van der Waals surface area (Å²) in [5.74, 6) is 1.31. The van der Waals surface area contributed by atoms with Gasteiger partial charge >= 0.3 is 0 Å². The van der Waals surface area contributed by atoms with Crippen LogP contribution in [0.1, 0.15) is 44.2 Å². The second-order valence-corrected chi connectivity index (χ2v) is 7.36. The fourth-order valence-electron chi connectivity index (χ4n) is 3.67. The van der Waals surface area contributed by atoms with Gasteiger partial charge in [0.15, 0.2) is 0 Å². The molecule has 1 unspecified atom stereocenters. The first kappa shape index (κ1) is 16.3. The summed E-state index contributed by atoms with van der Waals surface area (Å²) < 4.78 is 5.88. The van der Waals surface area contributed by atoms with Crippen molar-refractivity contribution < 1.29 is 9.53 Å². The zero-order valence-corrected chi connectivity index (χ0v) is 14.4. The van der Waals surface area contributed by atoms with Gasteiger partial charge in [-0.3, -0.25) is 4.79 Å². The number of piperidine rings is 1. The van der Waals surface area contributed by atoms with Gasteiger partial charge in [-0.05, 0) is 70.2 Å². The highest BCUT2D eigenvalue weighted by atomic mass is 16.5. The Morgan fingerprint density at radius 2 is 2.13 bits per heavy atom. The van der Waals surface area contributed by atoms with E-state index in [0.29, 0.717) is 12.0 Å². The number of aryl methyl sites for hydroxylation is 1. The van der Waals surface area contributed by atoms with Crippen molar-refractivity contribution in [1.29, 1.82) is 0 Å². The molecule has 1 saturated carbocycles. The SMILES string of the molecule is Cc1ccc(CNC(=O)C2CC23CCNCC3)c(OC(C)C)c1. The lowest BCUT2D eigenvalue weighted by Gasteiger charge is -2.23. The average Bonchev–Trinajstić information content (AvgIpc) is 3.19. The second-order valence-electron chi connectivity index (χ2n) is 7.36. The predicted molar refractivity (Wildman–Crippen MR) is 91.4 cm³/mol. The van der Waals surface area contributed by atoms with E-state index in [1.54, 1.807) is 0 Å². The van der Waals surface area contributed by atoms with Crippen LogP contribution >= 0.6 is 0 Å². The quantitative estimate of drug-likeness (QED) is 0.878. The van der Waals surface area contributed by atoms with Crippen molar-refractivity contribution >= 4 is 5.91 Å². The van der Waals surface area contributed by atoms with Crippen LogP contribution in [0.15, 0.2) is 18.2 Å². The van der Waals surface area contributed by atoms with E-state index in [1.165, 1.54) is 5.56 Å². The Balaban J connectivity index is 1.59. The van der Waals surface area contributed by atoms with E-state index in [-0.39, 0.29) is 17.9 Å². The predicted octanol–water partition coefficient (Wildman–Crippen LogP) is 2.79. The summed E-state index contributed by atoms with van der Waals surface area (Å²) in [5, 5.41) is 6.51. The summed E-state index contributed by atoms with van der Waals surface area (Å²) >= 11 is 0. The lowest BCUT2D eigenvalue weighted by molar-refractivity contribution is -0.123. The van der Waals surface area contributed by atoms with Gasteiger partial charge in [-0.15, -0.1) is 0 Å². The maximum Gasteiger partial charge on any atom is 0.223 e. The highest BCUT2D eigenvalue weighted by Crippen LogP contribution is 2.58. The van der Waals surface area contributed by atoms with E-state index < -0.39 is 0 Å². The number of carbonyl (C=O) groups excluding carboxylic acids is 1. The number of hydrogen-bond donors (Lipinski definition) is 2. The van der Waals surface area contributed by atoms with Crippen LogP contribution in [-0.2, 0) is 11.3 Å². The molecule has 2 N–H and O–H groups in total. The summed E-state index contributed by atoms with van der Waals surface area (Å²) in [5.41, 5.74) is 2.52. The van der Waals surface area contributed by atoms with Crippen molar-refractivity contribution in [3.63, 3.8) is 0 Å². The van der Waals surface area contributed by atoms with Crippen molar-refractivity contribution in [3.8, 4) is 5.75 Å². The summed E-state index contributed by atoms with van der Waals surface area (Å²) in [6.45, 7) is 8.75. The first-order valence-corrected chi connectivity index (χ1v) is 8.75. The van der Waals surface area contributed by atoms with Crippen LogP contribution < -0.4 is 15.4 Å². The van der Waals surface area contributed by atoms with Crippen molar-refractivity contribution in [3.05, 3.63) is 29.3 Å². The van der Waals surface area contributed by atoms with Crippen molar-refractivity contribution in [2.24, 2.45) is 11.3 Å². The van der Waals surface area contributed by atoms with E-state index in [0.717, 1.165) is 43.7 Å². The van der Waals surface area contributed by atoms with Crippen LogP contribution in [0.2, 0.25) is 0 Å². The summed E-state index contributed by atoms with van der Waals surface area (Å²) in [6, 6.07) is 6.17. The Morgan fingerprint density at radius 1 is 1.39 bits per heavy atom. The molecule has 1 amide bonds. The number of rotatable bonds is 5. The van der Waals surface area contributed by atoms with Gasteiger partial charge in [-0.1, -0.05) is 12.1 Å². The van der Waals surface area contributed by atoms with E-state index in [4.69, 9.17) is 4.74 Å². The van der Waals surface area contributed by atoms with Crippen molar-refractivity contribution in [2.45, 2.75) is 52.7 Å². The van der Waals surface area contributed by atoms with Crippen LogP contribution in [-0.4, -0.2) is 25.1 Å². The molecule has 0 radical (unpaired) electrons. The Bertz CT molecular complexity index is 577. The van der Waals surface area contributed by atoms with Crippen molar-refractivity contribution in [2.75, 3.05) is 13.1 Å². The summed E-state index contributed by atoms with van der Waals surface area (Å²) in [6.07, 6.45) is 3.46. The molecule has 2 aliphatic rings. The Labute approximate surface area is 139 Å². The molecule has 4 heteroatoms. The monoisotopic (exact) mass is 316 g/mol.